The van der Waals surface area contributed by atoms with Crippen molar-refractivity contribution in [3.05, 3.63) is 29.8 Å². The van der Waals surface area contributed by atoms with Gasteiger partial charge in [-0.15, -0.1) is 0 Å². The highest BCUT2D eigenvalue weighted by Crippen LogP contribution is 2.55. The molecule has 0 aliphatic heterocycles. The van der Waals surface area contributed by atoms with Crippen molar-refractivity contribution in [2.24, 2.45) is 5.92 Å². The first kappa shape index (κ1) is 15.7. The lowest BCUT2D eigenvalue weighted by atomic mass is 10.1. The van der Waals surface area contributed by atoms with Gasteiger partial charge in [-0.1, -0.05) is 12.1 Å². The van der Waals surface area contributed by atoms with Crippen molar-refractivity contribution >= 4 is 10.1 Å². The second kappa shape index (κ2) is 5.77. The summed E-state index contributed by atoms with van der Waals surface area (Å²) in [5.41, 5.74) is 0.502. The smallest absolute Gasteiger partial charge is 0.311 e. The topological polar surface area (TPSA) is 52.6 Å². The van der Waals surface area contributed by atoms with E-state index in [0.29, 0.717) is 18.1 Å². The minimum absolute atomic E-state index is 0.102. The van der Waals surface area contributed by atoms with E-state index in [4.69, 9.17) is 8.92 Å². The van der Waals surface area contributed by atoms with Gasteiger partial charge in [-0.2, -0.15) is 8.42 Å². The van der Waals surface area contributed by atoms with Crippen LogP contribution in [0.5, 0.6) is 5.75 Å². The van der Waals surface area contributed by atoms with Gasteiger partial charge in [0.25, 0.3) is 5.92 Å². The van der Waals surface area contributed by atoms with Crippen LogP contribution in [0.15, 0.2) is 24.3 Å². The minimum atomic E-state index is -3.73. The predicted octanol–water partition coefficient (Wildman–Crippen LogP) is 2.94. The molecule has 0 bridgehead atoms. The molecule has 0 saturated heterocycles. The molecule has 0 amide bonds. The molecule has 122 valence electrons. The van der Waals surface area contributed by atoms with E-state index in [1.165, 1.54) is 24.3 Å². The molecule has 3 rings (SSSR count). The number of hydrogen-bond acceptors (Lipinski definition) is 4. The number of benzene rings is 1. The Morgan fingerprint density at radius 3 is 2.36 bits per heavy atom. The van der Waals surface area contributed by atoms with E-state index < -0.39 is 22.0 Å². The second-order valence-corrected chi connectivity index (χ2v) is 7.64. The first-order valence-corrected chi connectivity index (χ1v) is 8.91. The molecule has 22 heavy (non-hydrogen) atoms. The second-order valence-electron chi connectivity index (χ2n) is 5.95. The summed E-state index contributed by atoms with van der Waals surface area (Å²) in [4.78, 5) is 0. The fraction of sp³-hybridized carbons (Fsp3) is 0.600. The molecule has 1 aromatic rings. The first-order chi connectivity index (χ1) is 10.4. The van der Waals surface area contributed by atoms with E-state index in [2.05, 4.69) is 0 Å². The highest BCUT2D eigenvalue weighted by atomic mass is 32.2. The molecule has 7 heteroatoms. The lowest BCUT2D eigenvalue weighted by Crippen LogP contribution is -2.18. The van der Waals surface area contributed by atoms with Crippen LogP contribution < -0.4 is 4.18 Å². The standard InChI is InChI=1S/C15H18F2O4S/c16-15(17)9-14(15)12-3-5-13(6-4-12)21-22(18,19)8-7-20-10-11-1-2-11/h3-6,11,14H,1-2,7-10H2. The van der Waals surface area contributed by atoms with Gasteiger partial charge in [-0.25, -0.2) is 8.78 Å². The summed E-state index contributed by atoms with van der Waals surface area (Å²) < 4.78 is 59.6. The zero-order valence-electron chi connectivity index (χ0n) is 12.0. The number of rotatable bonds is 8. The molecule has 2 fully saturated rings. The number of halogens is 2. The Hall–Kier alpha value is -1.21. The van der Waals surface area contributed by atoms with Crippen LogP contribution in [0.3, 0.4) is 0 Å². The zero-order valence-corrected chi connectivity index (χ0v) is 12.8. The van der Waals surface area contributed by atoms with Gasteiger partial charge in [0.15, 0.2) is 0 Å². The molecular formula is C15H18F2O4S. The highest BCUT2D eigenvalue weighted by Gasteiger charge is 2.57. The average Bonchev–Trinajstić information content (AvgIpc) is 3.34. The van der Waals surface area contributed by atoms with Crippen molar-refractivity contribution in [3.63, 3.8) is 0 Å². The Labute approximate surface area is 128 Å². The molecule has 0 radical (unpaired) electrons. The van der Waals surface area contributed by atoms with Gasteiger partial charge < -0.3 is 8.92 Å². The van der Waals surface area contributed by atoms with Gasteiger partial charge in [-0.3, -0.25) is 0 Å². The van der Waals surface area contributed by atoms with E-state index in [9.17, 15) is 17.2 Å². The molecular weight excluding hydrogens is 314 g/mol. The Balaban J connectivity index is 1.48. The molecule has 0 spiro atoms. The predicted molar refractivity (Wildman–Crippen MR) is 76.7 cm³/mol. The van der Waals surface area contributed by atoms with Crippen LogP contribution in [0.2, 0.25) is 0 Å². The average molecular weight is 332 g/mol. The maximum Gasteiger partial charge on any atom is 0.311 e. The van der Waals surface area contributed by atoms with Crippen molar-refractivity contribution in [1.29, 1.82) is 0 Å². The van der Waals surface area contributed by atoms with Gasteiger partial charge in [0.05, 0.1) is 12.5 Å². The molecule has 2 aliphatic rings. The van der Waals surface area contributed by atoms with E-state index in [1.807, 2.05) is 0 Å². The molecule has 0 heterocycles. The molecule has 0 aromatic heterocycles. The first-order valence-electron chi connectivity index (χ1n) is 7.33. The zero-order chi connectivity index (χ0) is 15.8. The molecule has 1 atom stereocenters. The molecule has 0 N–H and O–H groups in total. The lowest BCUT2D eigenvalue weighted by Gasteiger charge is -2.08. The summed E-state index contributed by atoms with van der Waals surface area (Å²) in [6.07, 6.45) is 2.15. The van der Waals surface area contributed by atoms with E-state index in [-0.39, 0.29) is 24.5 Å². The Morgan fingerprint density at radius 2 is 1.82 bits per heavy atom. The minimum Gasteiger partial charge on any atom is -0.382 e. The van der Waals surface area contributed by atoms with Crippen LogP contribution in [0.4, 0.5) is 8.78 Å². The maximum absolute atomic E-state index is 12.9. The van der Waals surface area contributed by atoms with Gasteiger partial charge in [0.2, 0.25) is 0 Å². The Morgan fingerprint density at radius 1 is 1.18 bits per heavy atom. The SMILES string of the molecule is O=S(=O)(CCOCC1CC1)Oc1ccc(C2CC2(F)F)cc1. The number of alkyl halides is 2. The largest absolute Gasteiger partial charge is 0.382 e. The Bertz CT molecular complexity index is 623. The summed E-state index contributed by atoms with van der Waals surface area (Å²) >= 11 is 0. The van der Waals surface area contributed by atoms with Crippen LogP contribution in [-0.2, 0) is 14.9 Å². The third kappa shape index (κ3) is 4.16. The molecule has 1 unspecified atom stereocenters. The van der Waals surface area contributed by atoms with Crippen molar-refractivity contribution in [2.75, 3.05) is 19.0 Å². The monoisotopic (exact) mass is 332 g/mol. The number of hydrogen-bond donors (Lipinski definition) is 0. The summed E-state index contributed by atoms with van der Waals surface area (Å²) in [6.45, 7) is 0.699. The fourth-order valence-electron chi connectivity index (χ4n) is 2.21. The molecule has 1 aromatic carbocycles. The van der Waals surface area contributed by atoms with Crippen molar-refractivity contribution < 1.29 is 26.1 Å². The van der Waals surface area contributed by atoms with Crippen LogP contribution in [-0.4, -0.2) is 33.3 Å². The van der Waals surface area contributed by atoms with Crippen molar-refractivity contribution in [2.45, 2.75) is 31.1 Å². The summed E-state index contributed by atoms with van der Waals surface area (Å²) in [6, 6.07) is 5.79. The lowest BCUT2D eigenvalue weighted by molar-refractivity contribution is 0.112. The van der Waals surface area contributed by atoms with E-state index in [0.717, 1.165) is 12.8 Å². The summed E-state index contributed by atoms with van der Waals surface area (Å²) in [5.74, 6) is -2.89. The third-order valence-electron chi connectivity index (χ3n) is 3.86. The number of ether oxygens (including phenoxy) is 1. The summed E-state index contributed by atoms with van der Waals surface area (Å²) in [5, 5.41) is 0. The van der Waals surface area contributed by atoms with Gasteiger partial charge in [-0.05, 0) is 36.5 Å². The van der Waals surface area contributed by atoms with Gasteiger partial charge in [0.1, 0.15) is 11.5 Å². The van der Waals surface area contributed by atoms with Crippen LogP contribution in [0.25, 0.3) is 0 Å². The van der Waals surface area contributed by atoms with Gasteiger partial charge in [0, 0.05) is 13.0 Å². The van der Waals surface area contributed by atoms with Crippen molar-refractivity contribution in [1.82, 2.24) is 0 Å². The molecule has 2 saturated carbocycles. The maximum atomic E-state index is 12.9. The quantitative estimate of drug-likeness (QED) is 0.542. The Kier molecular flexibility index (Phi) is 4.11. The molecule has 2 aliphatic carbocycles. The fourth-order valence-corrected chi connectivity index (χ4v) is 3.02. The van der Waals surface area contributed by atoms with E-state index in [1.54, 1.807) is 0 Å². The van der Waals surface area contributed by atoms with Gasteiger partial charge >= 0.3 is 10.1 Å². The van der Waals surface area contributed by atoms with Crippen LogP contribution in [0.1, 0.15) is 30.7 Å². The van der Waals surface area contributed by atoms with Crippen LogP contribution >= 0.6 is 0 Å². The third-order valence-corrected chi connectivity index (χ3v) is 4.97. The summed E-state index contributed by atoms with van der Waals surface area (Å²) in [7, 11) is -3.73. The normalized spacial score (nSPS) is 23.3. The van der Waals surface area contributed by atoms with Crippen LogP contribution in [0, 0.1) is 5.92 Å². The van der Waals surface area contributed by atoms with E-state index >= 15 is 0 Å². The highest BCUT2D eigenvalue weighted by molar-refractivity contribution is 7.87. The molecule has 4 nitrogen and oxygen atoms in total. The van der Waals surface area contributed by atoms with Crippen molar-refractivity contribution in [3.8, 4) is 5.75 Å².